The summed E-state index contributed by atoms with van der Waals surface area (Å²) in [5.74, 6) is 0. The molecule has 0 radical (unpaired) electrons. The number of hydrogen-bond acceptors (Lipinski definition) is 4. The van der Waals surface area contributed by atoms with Crippen LogP contribution in [0.4, 0.5) is 11.4 Å². The summed E-state index contributed by atoms with van der Waals surface area (Å²) in [7, 11) is 0. The van der Waals surface area contributed by atoms with Gasteiger partial charge in [0, 0.05) is 39.3 Å². The third kappa shape index (κ3) is 3.25. The van der Waals surface area contributed by atoms with Crippen molar-refractivity contribution in [2.75, 3.05) is 50.0 Å². The maximum atomic E-state index is 6.06. The molecule has 1 atom stereocenters. The highest BCUT2D eigenvalue weighted by Gasteiger charge is 2.22. The van der Waals surface area contributed by atoms with Crippen molar-refractivity contribution in [3.05, 3.63) is 24.3 Å². The predicted octanol–water partition coefficient (Wildman–Crippen LogP) is 1.96. The van der Waals surface area contributed by atoms with Crippen molar-refractivity contribution in [2.24, 2.45) is 0 Å². The fourth-order valence-corrected chi connectivity index (χ4v) is 3.19. The number of rotatable bonds is 3. The quantitative estimate of drug-likeness (QED) is 0.856. The van der Waals surface area contributed by atoms with Gasteiger partial charge in [-0.25, -0.2) is 0 Å². The molecule has 0 bridgehead atoms. The SMILES string of the molecule is Nc1ccccc1N1CCN(CC2CCCCO2)CC1. The lowest BCUT2D eigenvalue weighted by atomic mass is 10.1. The van der Waals surface area contributed by atoms with E-state index in [9.17, 15) is 0 Å². The normalized spacial score (nSPS) is 24.8. The van der Waals surface area contributed by atoms with E-state index in [0.29, 0.717) is 6.10 Å². The molecule has 0 amide bonds. The van der Waals surface area contributed by atoms with E-state index in [1.165, 1.54) is 24.9 Å². The topological polar surface area (TPSA) is 41.7 Å². The van der Waals surface area contributed by atoms with Gasteiger partial charge in [-0.3, -0.25) is 4.90 Å². The third-order valence-corrected chi connectivity index (χ3v) is 4.39. The van der Waals surface area contributed by atoms with Gasteiger partial charge in [0.15, 0.2) is 0 Å². The Kier molecular flexibility index (Phi) is 4.43. The molecule has 0 aliphatic carbocycles. The van der Waals surface area contributed by atoms with Crippen molar-refractivity contribution in [1.82, 2.24) is 4.90 Å². The monoisotopic (exact) mass is 275 g/mol. The Morgan fingerprint density at radius 3 is 2.60 bits per heavy atom. The van der Waals surface area contributed by atoms with Crippen LogP contribution in [0.5, 0.6) is 0 Å². The van der Waals surface area contributed by atoms with Gasteiger partial charge >= 0.3 is 0 Å². The van der Waals surface area contributed by atoms with Crippen LogP contribution >= 0.6 is 0 Å². The Morgan fingerprint density at radius 1 is 1.10 bits per heavy atom. The van der Waals surface area contributed by atoms with E-state index in [-0.39, 0.29) is 0 Å². The number of anilines is 2. The number of hydrogen-bond donors (Lipinski definition) is 1. The zero-order chi connectivity index (χ0) is 13.8. The fraction of sp³-hybridized carbons (Fsp3) is 0.625. The van der Waals surface area contributed by atoms with Gasteiger partial charge in [0.25, 0.3) is 0 Å². The van der Waals surface area contributed by atoms with Crippen LogP contribution in [0.2, 0.25) is 0 Å². The Hall–Kier alpha value is -1.26. The number of para-hydroxylation sites is 2. The molecular weight excluding hydrogens is 250 g/mol. The lowest BCUT2D eigenvalue weighted by Crippen LogP contribution is -2.49. The highest BCUT2D eigenvalue weighted by Crippen LogP contribution is 2.24. The summed E-state index contributed by atoms with van der Waals surface area (Å²) in [5.41, 5.74) is 8.13. The van der Waals surface area contributed by atoms with Gasteiger partial charge in [-0.15, -0.1) is 0 Å². The molecular formula is C16H25N3O. The van der Waals surface area contributed by atoms with Crippen LogP contribution in [-0.2, 0) is 4.74 Å². The standard InChI is InChI=1S/C16H25N3O/c17-15-6-1-2-7-16(15)19-10-8-18(9-11-19)13-14-5-3-4-12-20-14/h1-2,6-7,14H,3-5,8-13,17H2. The van der Waals surface area contributed by atoms with Gasteiger partial charge in [-0.05, 0) is 31.4 Å². The van der Waals surface area contributed by atoms with Crippen molar-refractivity contribution < 1.29 is 4.74 Å². The van der Waals surface area contributed by atoms with Gasteiger partial charge in [0.2, 0.25) is 0 Å². The zero-order valence-electron chi connectivity index (χ0n) is 12.1. The molecule has 2 saturated heterocycles. The van der Waals surface area contributed by atoms with Crippen LogP contribution in [0.1, 0.15) is 19.3 Å². The largest absolute Gasteiger partial charge is 0.397 e. The minimum atomic E-state index is 0.456. The molecule has 0 saturated carbocycles. The summed E-state index contributed by atoms with van der Waals surface area (Å²) in [6, 6.07) is 8.16. The van der Waals surface area contributed by atoms with Crippen molar-refractivity contribution >= 4 is 11.4 Å². The molecule has 1 aromatic rings. The van der Waals surface area contributed by atoms with Crippen LogP contribution in [0.15, 0.2) is 24.3 Å². The van der Waals surface area contributed by atoms with E-state index in [4.69, 9.17) is 10.5 Å². The molecule has 110 valence electrons. The number of nitrogens with zero attached hydrogens (tertiary/aromatic N) is 2. The predicted molar refractivity (Wildman–Crippen MR) is 83.1 cm³/mol. The van der Waals surface area contributed by atoms with E-state index >= 15 is 0 Å². The summed E-state index contributed by atoms with van der Waals surface area (Å²) in [6.07, 6.45) is 4.24. The second-order valence-electron chi connectivity index (χ2n) is 5.84. The molecule has 2 heterocycles. The second kappa shape index (κ2) is 6.46. The molecule has 0 spiro atoms. The first-order chi connectivity index (χ1) is 9.83. The van der Waals surface area contributed by atoms with Crippen LogP contribution in [0.3, 0.4) is 0 Å². The Morgan fingerprint density at radius 2 is 1.90 bits per heavy atom. The number of nitrogens with two attached hydrogens (primary N) is 1. The molecule has 1 aromatic carbocycles. The van der Waals surface area contributed by atoms with Crippen LogP contribution < -0.4 is 10.6 Å². The first-order valence-electron chi connectivity index (χ1n) is 7.76. The molecule has 4 nitrogen and oxygen atoms in total. The molecule has 0 aromatic heterocycles. The van der Waals surface area contributed by atoms with Crippen molar-refractivity contribution in [3.63, 3.8) is 0 Å². The first-order valence-corrected chi connectivity index (χ1v) is 7.76. The Labute approximate surface area is 121 Å². The molecule has 1 unspecified atom stereocenters. The van der Waals surface area contributed by atoms with Gasteiger partial charge in [0.1, 0.15) is 0 Å². The molecule has 3 rings (SSSR count). The number of nitrogen functional groups attached to an aromatic ring is 1. The lowest BCUT2D eigenvalue weighted by molar-refractivity contribution is -0.00644. The maximum absolute atomic E-state index is 6.06. The second-order valence-corrected chi connectivity index (χ2v) is 5.84. The van der Waals surface area contributed by atoms with Crippen LogP contribution in [0.25, 0.3) is 0 Å². The molecule has 2 aliphatic heterocycles. The summed E-state index contributed by atoms with van der Waals surface area (Å²) < 4.78 is 5.84. The number of ether oxygens (including phenoxy) is 1. The average molecular weight is 275 g/mol. The highest BCUT2D eigenvalue weighted by atomic mass is 16.5. The average Bonchev–Trinajstić information content (AvgIpc) is 2.50. The highest BCUT2D eigenvalue weighted by molar-refractivity contribution is 5.67. The van der Waals surface area contributed by atoms with E-state index < -0.39 is 0 Å². The maximum Gasteiger partial charge on any atom is 0.0702 e. The van der Waals surface area contributed by atoms with Gasteiger partial charge in [0.05, 0.1) is 17.5 Å². The van der Waals surface area contributed by atoms with Gasteiger partial charge in [-0.2, -0.15) is 0 Å². The Balaban J connectivity index is 1.50. The summed E-state index contributed by atoms with van der Waals surface area (Å²) >= 11 is 0. The van der Waals surface area contributed by atoms with Gasteiger partial charge < -0.3 is 15.4 Å². The summed E-state index contributed by atoms with van der Waals surface area (Å²) in [4.78, 5) is 4.93. The first kappa shape index (κ1) is 13.7. The third-order valence-electron chi connectivity index (χ3n) is 4.39. The van der Waals surface area contributed by atoms with Crippen LogP contribution in [-0.4, -0.2) is 50.3 Å². The minimum Gasteiger partial charge on any atom is -0.397 e. The van der Waals surface area contributed by atoms with Crippen LogP contribution in [0, 0.1) is 0 Å². The molecule has 20 heavy (non-hydrogen) atoms. The summed E-state index contributed by atoms with van der Waals surface area (Å²) in [5, 5.41) is 0. The minimum absolute atomic E-state index is 0.456. The molecule has 2 fully saturated rings. The fourth-order valence-electron chi connectivity index (χ4n) is 3.19. The van der Waals surface area contributed by atoms with E-state index in [0.717, 1.165) is 45.0 Å². The van der Waals surface area contributed by atoms with E-state index in [2.05, 4.69) is 21.9 Å². The van der Waals surface area contributed by atoms with Gasteiger partial charge in [-0.1, -0.05) is 12.1 Å². The van der Waals surface area contributed by atoms with Crippen molar-refractivity contribution in [1.29, 1.82) is 0 Å². The zero-order valence-corrected chi connectivity index (χ0v) is 12.1. The lowest BCUT2D eigenvalue weighted by Gasteiger charge is -2.38. The van der Waals surface area contributed by atoms with Crippen molar-refractivity contribution in [3.8, 4) is 0 Å². The number of benzene rings is 1. The van der Waals surface area contributed by atoms with Crippen molar-refractivity contribution in [2.45, 2.75) is 25.4 Å². The molecule has 2 N–H and O–H groups in total. The molecule has 4 heteroatoms. The smallest absolute Gasteiger partial charge is 0.0702 e. The van der Waals surface area contributed by atoms with E-state index in [1.54, 1.807) is 0 Å². The summed E-state index contributed by atoms with van der Waals surface area (Å²) in [6.45, 7) is 6.37. The molecule has 2 aliphatic rings. The number of piperazine rings is 1. The van der Waals surface area contributed by atoms with E-state index in [1.807, 2.05) is 12.1 Å². The Bertz CT molecular complexity index is 423.